The van der Waals surface area contributed by atoms with Crippen molar-refractivity contribution < 1.29 is 0 Å². The SMILES string of the molecule is CNc1ncnc(Nc2ccc(I)cc2)c1C(C)C. The van der Waals surface area contributed by atoms with Gasteiger partial charge in [0.25, 0.3) is 0 Å². The van der Waals surface area contributed by atoms with Crippen molar-refractivity contribution in [3.63, 3.8) is 0 Å². The average molecular weight is 368 g/mol. The molecule has 1 aromatic heterocycles. The highest BCUT2D eigenvalue weighted by atomic mass is 127. The van der Waals surface area contributed by atoms with Crippen LogP contribution in [0.15, 0.2) is 30.6 Å². The summed E-state index contributed by atoms with van der Waals surface area (Å²) in [7, 11) is 1.88. The number of aromatic nitrogens is 2. The number of anilines is 3. The fraction of sp³-hybridized carbons (Fsp3) is 0.286. The number of nitrogens with zero attached hydrogens (tertiary/aromatic N) is 2. The number of hydrogen-bond acceptors (Lipinski definition) is 4. The van der Waals surface area contributed by atoms with Crippen molar-refractivity contribution in [2.75, 3.05) is 17.7 Å². The number of benzene rings is 1. The second-order valence-electron chi connectivity index (χ2n) is 4.52. The topological polar surface area (TPSA) is 49.8 Å². The lowest BCUT2D eigenvalue weighted by Gasteiger charge is -2.16. The minimum Gasteiger partial charge on any atom is -0.373 e. The molecular formula is C14H17IN4. The molecule has 1 aromatic carbocycles. The van der Waals surface area contributed by atoms with Crippen LogP contribution in [-0.4, -0.2) is 17.0 Å². The third-order valence-electron chi connectivity index (χ3n) is 2.81. The van der Waals surface area contributed by atoms with Gasteiger partial charge in [-0.15, -0.1) is 0 Å². The molecule has 0 unspecified atom stereocenters. The zero-order chi connectivity index (χ0) is 13.8. The summed E-state index contributed by atoms with van der Waals surface area (Å²) in [5.74, 6) is 2.07. The standard InChI is InChI=1S/C14H17IN4/c1-9(2)12-13(16-3)17-8-18-14(12)19-11-6-4-10(15)5-7-11/h4-9H,1-3H3,(H2,16,17,18,19). The summed E-state index contributed by atoms with van der Waals surface area (Å²) in [5, 5.41) is 6.48. The average Bonchev–Trinajstić information content (AvgIpc) is 2.40. The molecule has 0 bridgehead atoms. The molecule has 2 aromatic rings. The Kier molecular flexibility index (Phi) is 4.57. The van der Waals surface area contributed by atoms with Crippen LogP contribution < -0.4 is 10.6 Å². The third kappa shape index (κ3) is 3.34. The highest BCUT2D eigenvalue weighted by Crippen LogP contribution is 2.30. The van der Waals surface area contributed by atoms with Crippen molar-refractivity contribution in [3.8, 4) is 0 Å². The Labute approximate surface area is 127 Å². The molecule has 0 radical (unpaired) electrons. The zero-order valence-corrected chi connectivity index (χ0v) is 13.4. The van der Waals surface area contributed by atoms with Crippen molar-refractivity contribution in [2.45, 2.75) is 19.8 Å². The van der Waals surface area contributed by atoms with Gasteiger partial charge in [0.1, 0.15) is 18.0 Å². The molecule has 5 heteroatoms. The van der Waals surface area contributed by atoms with E-state index in [0.717, 1.165) is 22.9 Å². The fourth-order valence-electron chi connectivity index (χ4n) is 1.91. The Morgan fingerprint density at radius 1 is 1.05 bits per heavy atom. The lowest BCUT2D eigenvalue weighted by molar-refractivity contribution is 0.852. The first-order valence-electron chi connectivity index (χ1n) is 6.17. The van der Waals surface area contributed by atoms with E-state index in [0.29, 0.717) is 5.92 Å². The van der Waals surface area contributed by atoms with Gasteiger partial charge in [0.2, 0.25) is 0 Å². The van der Waals surface area contributed by atoms with Gasteiger partial charge >= 0.3 is 0 Å². The van der Waals surface area contributed by atoms with Crippen molar-refractivity contribution in [1.29, 1.82) is 0 Å². The molecule has 100 valence electrons. The van der Waals surface area contributed by atoms with E-state index >= 15 is 0 Å². The molecule has 0 aliphatic carbocycles. The normalized spacial score (nSPS) is 10.6. The van der Waals surface area contributed by atoms with E-state index in [1.165, 1.54) is 3.57 Å². The number of nitrogens with one attached hydrogen (secondary N) is 2. The van der Waals surface area contributed by atoms with E-state index in [4.69, 9.17) is 0 Å². The summed E-state index contributed by atoms with van der Waals surface area (Å²) in [6.45, 7) is 4.28. The first kappa shape index (κ1) is 14.0. The fourth-order valence-corrected chi connectivity index (χ4v) is 2.27. The molecule has 0 saturated carbocycles. The van der Waals surface area contributed by atoms with Crippen molar-refractivity contribution in [2.24, 2.45) is 0 Å². The zero-order valence-electron chi connectivity index (χ0n) is 11.2. The summed E-state index contributed by atoms with van der Waals surface area (Å²) in [4.78, 5) is 8.63. The van der Waals surface area contributed by atoms with Gasteiger partial charge in [0, 0.05) is 21.9 Å². The van der Waals surface area contributed by atoms with Gasteiger partial charge in [-0.1, -0.05) is 13.8 Å². The summed E-state index contributed by atoms with van der Waals surface area (Å²) in [6.07, 6.45) is 1.58. The lowest BCUT2D eigenvalue weighted by atomic mass is 10.0. The minimum atomic E-state index is 0.343. The third-order valence-corrected chi connectivity index (χ3v) is 3.52. The Balaban J connectivity index is 2.36. The highest BCUT2D eigenvalue weighted by molar-refractivity contribution is 14.1. The second-order valence-corrected chi connectivity index (χ2v) is 5.77. The Hall–Kier alpha value is -1.37. The van der Waals surface area contributed by atoms with Crippen LogP contribution >= 0.6 is 22.6 Å². The van der Waals surface area contributed by atoms with E-state index in [9.17, 15) is 0 Å². The van der Waals surface area contributed by atoms with Gasteiger partial charge in [-0.2, -0.15) is 0 Å². The van der Waals surface area contributed by atoms with Crippen LogP contribution in [0.1, 0.15) is 25.3 Å². The van der Waals surface area contributed by atoms with Crippen LogP contribution in [0.4, 0.5) is 17.3 Å². The van der Waals surface area contributed by atoms with Crippen LogP contribution in [0.5, 0.6) is 0 Å². The molecule has 1 heterocycles. The number of hydrogen-bond donors (Lipinski definition) is 2. The van der Waals surface area contributed by atoms with Crippen LogP contribution in [0.2, 0.25) is 0 Å². The molecule has 0 atom stereocenters. The van der Waals surface area contributed by atoms with Gasteiger partial charge in [-0.25, -0.2) is 9.97 Å². The first-order valence-corrected chi connectivity index (χ1v) is 7.25. The van der Waals surface area contributed by atoms with E-state index in [-0.39, 0.29) is 0 Å². The number of halogens is 1. The van der Waals surface area contributed by atoms with Gasteiger partial charge < -0.3 is 10.6 Å². The maximum Gasteiger partial charge on any atom is 0.139 e. The van der Waals surface area contributed by atoms with Gasteiger partial charge in [0.05, 0.1) is 0 Å². The smallest absolute Gasteiger partial charge is 0.139 e. The molecule has 0 saturated heterocycles. The molecule has 0 aliphatic heterocycles. The predicted molar refractivity (Wildman–Crippen MR) is 88.1 cm³/mol. The Morgan fingerprint density at radius 3 is 2.26 bits per heavy atom. The molecule has 0 fully saturated rings. The van der Waals surface area contributed by atoms with Crippen LogP contribution in [0, 0.1) is 3.57 Å². The van der Waals surface area contributed by atoms with Gasteiger partial charge in [-0.05, 0) is 52.8 Å². The maximum atomic E-state index is 4.36. The molecule has 0 spiro atoms. The highest BCUT2D eigenvalue weighted by Gasteiger charge is 2.14. The first-order chi connectivity index (χ1) is 9.11. The molecule has 0 amide bonds. The van der Waals surface area contributed by atoms with Crippen molar-refractivity contribution in [1.82, 2.24) is 9.97 Å². The summed E-state index contributed by atoms with van der Waals surface area (Å²) in [6, 6.07) is 8.23. The maximum absolute atomic E-state index is 4.36. The largest absolute Gasteiger partial charge is 0.373 e. The minimum absolute atomic E-state index is 0.343. The van der Waals surface area contributed by atoms with E-state index in [2.05, 4.69) is 69.2 Å². The van der Waals surface area contributed by atoms with E-state index in [1.54, 1.807) is 6.33 Å². The predicted octanol–water partition coefficient (Wildman–Crippen LogP) is 3.99. The second kappa shape index (κ2) is 6.18. The summed E-state index contributed by atoms with van der Waals surface area (Å²) in [5.41, 5.74) is 2.13. The molecule has 2 rings (SSSR count). The van der Waals surface area contributed by atoms with Crippen LogP contribution in [0.25, 0.3) is 0 Å². The van der Waals surface area contributed by atoms with Gasteiger partial charge in [0.15, 0.2) is 0 Å². The van der Waals surface area contributed by atoms with E-state index < -0.39 is 0 Å². The molecule has 19 heavy (non-hydrogen) atoms. The van der Waals surface area contributed by atoms with Gasteiger partial charge in [-0.3, -0.25) is 0 Å². The molecule has 4 nitrogen and oxygen atoms in total. The van der Waals surface area contributed by atoms with E-state index in [1.807, 2.05) is 19.2 Å². The summed E-state index contributed by atoms with van der Waals surface area (Å²) < 4.78 is 1.21. The van der Waals surface area contributed by atoms with Crippen LogP contribution in [-0.2, 0) is 0 Å². The van der Waals surface area contributed by atoms with Crippen LogP contribution in [0.3, 0.4) is 0 Å². The Morgan fingerprint density at radius 2 is 1.68 bits per heavy atom. The molecular weight excluding hydrogens is 351 g/mol. The monoisotopic (exact) mass is 368 g/mol. The quantitative estimate of drug-likeness (QED) is 0.802. The Bertz CT molecular complexity index is 552. The summed E-state index contributed by atoms with van der Waals surface area (Å²) >= 11 is 2.29. The molecule has 2 N–H and O–H groups in total. The lowest BCUT2D eigenvalue weighted by Crippen LogP contribution is -2.06. The van der Waals surface area contributed by atoms with Crippen molar-refractivity contribution in [3.05, 3.63) is 39.7 Å². The number of rotatable bonds is 4. The van der Waals surface area contributed by atoms with Crippen molar-refractivity contribution >= 4 is 39.9 Å². The molecule has 0 aliphatic rings.